The van der Waals surface area contributed by atoms with Crippen LogP contribution in [-0.2, 0) is 5.75 Å². The van der Waals surface area contributed by atoms with Gasteiger partial charge in [0.05, 0.1) is 26.2 Å². The summed E-state index contributed by atoms with van der Waals surface area (Å²) in [5.74, 6) is 3.21. The second kappa shape index (κ2) is 7.28. The molecule has 27 heavy (non-hydrogen) atoms. The lowest BCUT2D eigenvalue weighted by atomic mass is 10.2. The van der Waals surface area contributed by atoms with Crippen molar-refractivity contribution in [2.24, 2.45) is 0 Å². The van der Waals surface area contributed by atoms with E-state index in [-0.39, 0.29) is 0 Å². The van der Waals surface area contributed by atoms with Crippen LogP contribution in [0.15, 0.2) is 40.3 Å². The Bertz CT molecular complexity index is 1090. The summed E-state index contributed by atoms with van der Waals surface area (Å²) < 4.78 is 16.5. The molecular weight excluding hydrogens is 366 g/mol. The van der Waals surface area contributed by atoms with Gasteiger partial charge in [-0.1, -0.05) is 11.8 Å². The molecule has 0 amide bonds. The highest BCUT2D eigenvalue weighted by molar-refractivity contribution is 7.98. The largest absolute Gasteiger partial charge is 0.493 e. The van der Waals surface area contributed by atoms with E-state index in [1.807, 2.05) is 25.1 Å². The third kappa shape index (κ3) is 3.33. The Kier molecular flexibility index (Phi) is 4.68. The van der Waals surface area contributed by atoms with Crippen LogP contribution < -0.4 is 9.47 Å². The highest BCUT2D eigenvalue weighted by Gasteiger charge is 2.15. The summed E-state index contributed by atoms with van der Waals surface area (Å²) >= 11 is 1.55. The van der Waals surface area contributed by atoms with Gasteiger partial charge in [0.25, 0.3) is 0 Å². The van der Waals surface area contributed by atoms with Crippen molar-refractivity contribution in [1.29, 1.82) is 0 Å². The zero-order chi connectivity index (χ0) is 18.8. The predicted molar refractivity (Wildman–Crippen MR) is 101 cm³/mol. The van der Waals surface area contributed by atoms with Gasteiger partial charge in [0.1, 0.15) is 22.6 Å². The second-order valence-electron chi connectivity index (χ2n) is 5.66. The van der Waals surface area contributed by atoms with E-state index in [2.05, 4.69) is 24.9 Å². The quantitative estimate of drug-likeness (QED) is 0.398. The molecule has 1 aromatic carbocycles. The van der Waals surface area contributed by atoms with Gasteiger partial charge in [-0.05, 0) is 25.1 Å². The zero-order valence-corrected chi connectivity index (χ0v) is 15.8. The van der Waals surface area contributed by atoms with Gasteiger partial charge < -0.3 is 18.9 Å². The topological polar surface area (TPSA) is 99.0 Å². The number of methoxy groups -OCH3 is 2. The Balaban J connectivity index is 1.57. The first-order valence-electron chi connectivity index (χ1n) is 8.15. The van der Waals surface area contributed by atoms with Crippen LogP contribution in [0.2, 0.25) is 0 Å². The van der Waals surface area contributed by atoms with E-state index in [4.69, 9.17) is 13.9 Å². The van der Waals surface area contributed by atoms with Gasteiger partial charge in [-0.2, -0.15) is 0 Å². The lowest BCUT2D eigenvalue weighted by molar-refractivity contribution is 0.355. The SMILES string of the molecule is COc1ccc(-c2nc(CSc3ncnc4nc[nH]c34)c(C)o2)cc1OC. The molecule has 0 aliphatic heterocycles. The van der Waals surface area contributed by atoms with Crippen molar-refractivity contribution in [3.63, 3.8) is 0 Å². The van der Waals surface area contributed by atoms with Crippen molar-refractivity contribution in [2.75, 3.05) is 14.2 Å². The number of aromatic nitrogens is 5. The summed E-state index contributed by atoms with van der Waals surface area (Å²) in [6, 6.07) is 5.57. The van der Waals surface area contributed by atoms with Gasteiger partial charge in [0, 0.05) is 11.3 Å². The van der Waals surface area contributed by atoms with Gasteiger partial charge >= 0.3 is 0 Å². The molecule has 0 bridgehead atoms. The highest BCUT2D eigenvalue weighted by atomic mass is 32.2. The summed E-state index contributed by atoms with van der Waals surface area (Å²) in [4.78, 5) is 20.3. The van der Waals surface area contributed by atoms with Crippen LogP contribution in [0.4, 0.5) is 0 Å². The number of nitrogens with zero attached hydrogens (tertiary/aromatic N) is 4. The first-order chi connectivity index (χ1) is 13.2. The second-order valence-corrected chi connectivity index (χ2v) is 6.62. The molecule has 9 heteroatoms. The number of hydrogen-bond donors (Lipinski definition) is 1. The van der Waals surface area contributed by atoms with E-state index in [0.717, 1.165) is 27.6 Å². The number of imidazole rings is 1. The number of oxazole rings is 1. The number of fused-ring (bicyclic) bond motifs is 1. The number of nitrogens with one attached hydrogen (secondary N) is 1. The maximum absolute atomic E-state index is 5.86. The number of ether oxygens (including phenoxy) is 2. The van der Waals surface area contributed by atoms with Gasteiger partial charge in [-0.25, -0.2) is 19.9 Å². The summed E-state index contributed by atoms with van der Waals surface area (Å²) in [7, 11) is 3.20. The Morgan fingerprint density at radius 1 is 1.11 bits per heavy atom. The summed E-state index contributed by atoms with van der Waals surface area (Å²) in [5, 5.41) is 0.826. The van der Waals surface area contributed by atoms with Crippen molar-refractivity contribution < 1.29 is 13.9 Å². The fourth-order valence-corrected chi connectivity index (χ4v) is 3.60. The minimum atomic E-state index is 0.540. The number of aryl methyl sites for hydroxylation is 1. The molecule has 0 atom stereocenters. The Morgan fingerprint density at radius 3 is 2.78 bits per heavy atom. The fourth-order valence-electron chi connectivity index (χ4n) is 2.64. The van der Waals surface area contributed by atoms with Gasteiger partial charge in [-0.3, -0.25) is 0 Å². The average molecular weight is 383 g/mol. The van der Waals surface area contributed by atoms with Gasteiger partial charge in [0.2, 0.25) is 5.89 Å². The average Bonchev–Trinajstić information content (AvgIpc) is 3.32. The minimum Gasteiger partial charge on any atom is -0.493 e. The van der Waals surface area contributed by atoms with Crippen molar-refractivity contribution in [1.82, 2.24) is 24.9 Å². The molecule has 1 N–H and O–H groups in total. The van der Waals surface area contributed by atoms with E-state index < -0.39 is 0 Å². The van der Waals surface area contributed by atoms with Crippen LogP contribution in [-0.4, -0.2) is 39.1 Å². The first-order valence-corrected chi connectivity index (χ1v) is 9.13. The van der Waals surface area contributed by atoms with Crippen LogP contribution >= 0.6 is 11.8 Å². The number of rotatable bonds is 6. The minimum absolute atomic E-state index is 0.540. The number of aromatic amines is 1. The Morgan fingerprint density at radius 2 is 1.96 bits per heavy atom. The molecule has 4 aromatic rings. The van der Waals surface area contributed by atoms with Crippen molar-refractivity contribution in [3.8, 4) is 23.0 Å². The maximum Gasteiger partial charge on any atom is 0.226 e. The molecule has 0 aliphatic carbocycles. The van der Waals surface area contributed by atoms with Crippen LogP contribution in [0.3, 0.4) is 0 Å². The third-order valence-electron chi connectivity index (χ3n) is 4.06. The smallest absolute Gasteiger partial charge is 0.226 e. The van der Waals surface area contributed by atoms with E-state index in [1.165, 1.54) is 6.33 Å². The van der Waals surface area contributed by atoms with Crippen LogP contribution in [0.5, 0.6) is 11.5 Å². The highest BCUT2D eigenvalue weighted by Crippen LogP contribution is 2.33. The monoisotopic (exact) mass is 383 g/mol. The molecule has 0 saturated carbocycles. The molecule has 3 heterocycles. The lowest BCUT2D eigenvalue weighted by Crippen LogP contribution is -1.91. The van der Waals surface area contributed by atoms with Crippen molar-refractivity contribution in [3.05, 3.63) is 42.3 Å². The van der Waals surface area contributed by atoms with E-state index in [9.17, 15) is 0 Å². The lowest BCUT2D eigenvalue weighted by Gasteiger charge is -2.07. The normalized spacial score (nSPS) is 11.1. The molecular formula is C18H17N5O3S. The third-order valence-corrected chi connectivity index (χ3v) is 5.06. The number of benzene rings is 1. The van der Waals surface area contributed by atoms with Gasteiger partial charge in [0.15, 0.2) is 17.1 Å². The van der Waals surface area contributed by atoms with Crippen LogP contribution in [0, 0.1) is 6.92 Å². The standard InChI is InChI=1S/C18H17N5O3S/c1-10-12(7-27-18-15-16(20-8-19-15)21-9-22-18)23-17(26-10)11-4-5-13(24-2)14(6-11)25-3/h4-6,8-9H,7H2,1-3H3,(H,19,20,21,22). The summed E-state index contributed by atoms with van der Waals surface area (Å²) in [6.45, 7) is 1.90. The predicted octanol–water partition coefficient (Wildman–Crippen LogP) is 3.63. The van der Waals surface area contributed by atoms with Crippen molar-refractivity contribution in [2.45, 2.75) is 17.7 Å². The number of hydrogen-bond acceptors (Lipinski definition) is 8. The first kappa shape index (κ1) is 17.3. The summed E-state index contributed by atoms with van der Waals surface area (Å²) in [6.07, 6.45) is 3.12. The molecule has 3 aromatic heterocycles. The molecule has 8 nitrogen and oxygen atoms in total. The molecule has 138 valence electrons. The Hall–Kier alpha value is -3.07. The molecule has 0 fully saturated rings. The molecule has 0 aliphatic rings. The zero-order valence-electron chi connectivity index (χ0n) is 15.0. The van der Waals surface area contributed by atoms with Gasteiger partial charge in [-0.15, -0.1) is 0 Å². The van der Waals surface area contributed by atoms with Crippen molar-refractivity contribution >= 4 is 22.9 Å². The molecule has 4 rings (SSSR count). The maximum atomic E-state index is 5.86. The van der Waals surface area contributed by atoms with E-state index in [0.29, 0.717) is 28.8 Å². The van der Waals surface area contributed by atoms with E-state index in [1.54, 1.807) is 32.3 Å². The van der Waals surface area contributed by atoms with E-state index >= 15 is 0 Å². The Labute approximate surface area is 159 Å². The molecule has 0 unspecified atom stereocenters. The number of H-pyrrole nitrogens is 1. The molecule has 0 saturated heterocycles. The van der Waals surface area contributed by atoms with Crippen LogP contribution in [0.1, 0.15) is 11.5 Å². The molecule has 0 radical (unpaired) electrons. The molecule has 0 spiro atoms. The number of thioether (sulfide) groups is 1. The summed E-state index contributed by atoms with van der Waals surface area (Å²) in [5.41, 5.74) is 3.15. The fraction of sp³-hybridized carbons (Fsp3) is 0.222. The van der Waals surface area contributed by atoms with Crippen LogP contribution in [0.25, 0.3) is 22.6 Å².